The Morgan fingerprint density at radius 1 is 1.10 bits per heavy atom. The predicted molar refractivity (Wildman–Crippen MR) is 82.7 cm³/mol. The third-order valence-corrected chi connectivity index (χ3v) is 4.16. The highest BCUT2D eigenvalue weighted by molar-refractivity contribution is 7.85. The van der Waals surface area contributed by atoms with E-state index in [4.69, 9.17) is 4.74 Å². The van der Waals surface area contributed by atoms with Crippen LogP contribution in [0.1, 0.15) is 12.5 Å². The zero-order valence-corrected chi connectivity index (χ0v) is 12.6. The number of nitrogens with one attached hydrogen (secondary N) is 1. The van der Waals surface area contributed by atoms with Gasteiger partial charge < -0.3 is 10.1 Å². The molecule has 5 heteroatoms. The Balaban J connectivity index is 1.85. The van der Waals surface area contributed by atoms with Crippen LogP contribution in [0, 0.1) is 0 Å². The monoisotopic (exact) mass is 303 g/mol. The third kappa shape index (κ3) is 4.72. The van der Waals surface area contributed by atoms with E-state index in [1.165, 1.54) is 0 Å². The van der Waals surface area contributed by atoms with Crippen LogP contribution in [0.2, 0.25) is 0 Å². The van der Waals surface area contributed by atoms with Crippen molar-refractivity contribution in [1.82, 2.24) is 5.32 Å². The van der Waals surface area contributed by atoms with Crippen molar-refractivity contribution in [3.63, 3.8) is 0 Å². The minimum Gasteiger partial charge on any atom is -0.410 e. The van der Waals surface area contributed by atoms with Crippen LogP contribution in [-0.2, 0) is 17.3 Å². The molecular weight excluding hydrogens is 286 g/mol. The van der Waals surface area contributed by atoms with Crippen LogP contribution >= 0.6 is 0 Å². The molecule has 0 saturated heterocycles. The molecule has 4 nitrogen and oxygen atoms in total. The van der Waals surface area contributed by atoms with Gasteiger partial charge in [-0.25, -0.2) is 4.79 Å². The van der Waals surface area contributed by atoms with Crippen molar-refractivity contribution in [3.05, 3.63) is 60.2 Å². The van der Waals surface area contributed by atoms with Crippen LogP contribution in [0.3, 0.4) is 0 Å². The molecule has 0 fully saturated rings. The van der Waals surface area contributed by atoms with Crippen molar-refractivity contribution in [2.24, 2.45) is 0 Å². The molecule has 0 aliphatic heterocycles. The Kier molecular flexibility index (Phi) is 5.51. The Bertz CT molecular complexity index is 611. The minimum atomic E-state index is -0.950. The molecule has 2 rings (SSSR count). The lowest BCUT2D eigenvalue weighted by atomic mass is 10.2. The molecule has 110 valence electrons. The van der Waals surface area contributed by atoms with Gasteiger partial charge in [-0.15, -0.1) is 0 Å². The molecule has 0 saturated carbocycles. The first kappa shape index (κ1) is 15.3. The highest BCUT2D eigenvalue weighted by Crippen LogP contribution is 2.10. The molecular formula is C16H17NO3S. The lowest BCUT2D eigenvalue weighted by molar-refractivity contribution is 0.200. The van der Waals surface area contributed by atoms with E-state index < -0.39 is 16.9 Å². The molecule has 2 aromatic carbocycles. The van der Waals surface area contributed by atoms with E-state index in [0.29, 0.717) is 18.0 Å². The van der Waals surface area contributed by atoms with E-state index in [1.54, 1.807) is 24.3 Å². The fourth-order valence-corrected chi connectivity index (χ4v) is 2.50. The Labute approximate surface area is 126 Å². The van der Waals surface area contributed by atoms with Crippen molar-refractivity contribution in [2.45, 2.75) is 18.4 Å². The first-order chi connectivity index (χ1) is 10.2. The average Bonchev–Trinajstić information content (AvgIpc) is 2.53. The maximum Gasteiger partial charge on any atom is 0.412 e. The molecule has 0 aromatic heterocycles. The van der Waals surface area contributed by atoms with E-state index in [-0.39, 0.29) is 0 Å². The summed E-state index contributed by atoms with van der Waals surface area (Å²) in [6.45, 7) is 2.25. The van der Waals surface area contributed by atoms with Gasteiger partial charge in [-0.1, -0.05) is 37.3 Å². The third-order valence-electron chi connectivity index (χ3n) is 2.84. The number of hydrogen-bond acceptors (Lipinski definition) is 3. The second-order valence-electron chi connectivity index (χ2n) is 4.33. The number of hydrogen-bond donors (Lipinski definition) is 1. The number of para-hydroxylation sites is 1. The van der Waals surface area contributed by atoms with Gasteiger partial charge in [0.2, 0.25) is 0 Å². The van der Waals surface area contributed by atoms with Gasteiger partial charge in [0.25, 0.3) is 0 Å². The minimum absolute atomic E-state index is 0.366. The van der Waals surface area contributed by atoms with Crippen molar-refractivity contribution in [3.8, 4) is 5.75 Å². The van der Waals surface area contributed by atoms with E-state index in [0.717, 1.165) is 10.5 Å². The Morgan fingerprint density at radius 3 is 2.38 bits per heavy atom. The SMILES string of the molecule is CCS(=O)c1ccc(CNC(=O)Oc2ccccc2)cc1. The normalized spacial score (nSPS) is 11.7. The molecule has 0 aliphatic carbocycles. The van der Waals surface area contributed by atoms with Gasteiger partial charge >= 0.3 is 6.09 Å². The van der Waals surface area contributed by atoms with Gasteiger partial charge in [-0.2, -0.15) is 0 Å². The maximum atomic E-state index is 11.6. The van der Waals surface area contributed by atoms with Gasteiger partial charge in [-0.3, -0.25) is 4.21 Å². The molecule has 1 N–H and O–H groups in total. The first-order valence-corrected chi connectivity index (χ1v) is 7.99. The number of carbonyl (C=O) groups excluding carboxylic acids is 1. The molecule has 21 heavy (non-hydrogen) atoms. The molecule has 0 bridgehead atoms. The maximum absolute atomic E-state index is 11.6. The first-order valence-electron chi connectivity index (χ1n) is 6.67. The fraction of sp³-hybridized carbons (Fsp3) is 0.188. The average molecular weight is 303 g/mol. The summed E-state index contributed by atoms with van der Waals surface area (Å²) in [4.78, 5) is 12.4. The molecule has 2 aromatic rings. The number of ether oxygens (including phenoxy) is 1. The van der Waals surface area contributed by atoms with Crippen molar-refractivity contribution >= 4 is 16.9 Å². The highest BCUT2D eigenvalue weighted by atomic mass is 32.2. The van der Waals surface area contributed by atoms with Crippen molar-refractivity contribution in [1.29, 1.82) is 0 Å². The van der Waals surface area contributed by atoms with Crippen LogP contribution in [0.25, 0.3) is 0 Å². The summed E-state index contributed by atoms with van der Waals surface area (Å²) in [6, 6.07) is 16.2. The fourth-order valence-electron chi connectivity index (χ4n) is 1.73. The standard InChI is InChI=1S/C16H17NO3S/c1-2-21(19)15-10-8-13(9-11-15)12-17-16(18)20-14-6-4-3-5-7-14/h3-11H,2,12H2,1H3,(H,17,18). The van der Waals surface area contributed by atoms with Crippen molar-refractivity contribution in [2.75, 3.05) is 5.75 Å². The van der Waals surface area contributed by atoms with Crippen LogP contribution < -0.4 is 10.1 Å². The van der Waals surface area contributed by atoms with E-state index in [2.05, 4.69) is 5.32 Å². The summed E-state index contributed by atoms with van der Waals surface area (Å²) < 4.78 is 16.7. The summed E-state index contributed by atoms with van der Waals surface area (Å²) >= 11 is 0. The van der Waals surface area contributed by atoms with E-state index >= 15 is 0 Å². The van der Waals surface area contributed by atoms with Crippen LogP contribution in [0.4, 0.5) is 4.79 Å². The largest absolute Gasteiger partial charge is 0.412 e. The molecule has 1 amide bonds. The number of rotatable bonds is 5. The highest BCUT2D eigenvalue weighted by Gasteiger charge is 2.05. The molecule has 1 atom stereocenters. The number of carbonyl (C=O) groups is 1. The summed E-state index contributed by atoms with van der Waals surface area (Å²) in [5.74, 6) is 1.10. The second kappa shape index (κ2) is 7.59. The zero-order chi connectivity index (χ0) is 15.1. The molecule has 0 spiro atoms. The summed E-state index contributed by atoms with van der Waals surface area (Å²) in [6.07, 6.45) is -0.498. The second-order valence-corrected chi connectivity index (χ2v) is 6.07. The van der Waals surface area contributed by atoms with Gasteiger partial charge in [0.1, 0.15) is 5.75 Å². The Hall–Kier alpha value is -2.14. The topological polar surface area (TPSA) is 55.4 Å². The number of amides is 1. The molecule has 0 heterocycles. The molecule has 1 unspecified atom stereocenters. The van der Waals surface area contributed by atoms with Gasteiger partial charge in [0, 0.05) is 17.2 Å². The van der Waals surface area contributed by atoms with Crippen molar-refractivity contribution < 1.29 is 13.7 Å². The van der Waals surface area contributed by atoms with Gasteiger partial charge in [-0.05, 0) is 29.8 Å². The smallest absolute Gasteiger partial charge is 0.410 e. The lowest BCUT2D eigenvalue weighted by Gasteiger charge is -2.07. The summed E-state index contributed by atoms with van der Waals surface area (Å²) in [5, 5.41) is 2.67. The summed E-state index contributed by atoms with van der Waals surface area (Å²) in [5.41, 5.74) is 0.928. The van der Waals surface area contributed by atoms with Crippen LogP contribution in [0.15, 0.2) is 59.5 Å². The number of benzene rings is 2. The van der Waals surface area contributed by atoms with Gasteiger partial charge in [0.15, 0.2) is 0 Å². The molecule has 0 aliphatic rings. The predicted octanol–water partition coefficient (Wildman–Crippen LogP) is 3.10. The summed E-state index contributed by atoms with van der Waals surface area (Å²) in [7, 11) is -0.950. The van der Waals surface area contributed by atoms with E-state index in [9.17, 15) is 9.00 Å². The van der Waals surface area contributed by atoms with Crippen LogP contribution in [0.5, 0.6) is 5.75 Å². The zero-order valence-electron chi connectivity index (χ0n) is 11.7. The molecule has 0 radical (unpaired) electrons. The quantitative estimate of drug-likeness (QED) is 0.923. The Morgan fingerprint density at radius 2 is 1.76 bits per heavy atom. The van der Waals surface area contributed by atoms with Gasteiger partial charge in [0.05, 0.1) is 10.8 Å². The lowest BCUT2D eigenvalue weighted by Crippen LogP contribution is -2.26. The van der Waals surface area contributed by atoms with Crippen LogP contribution in [-0.4, -0.2) is 16.1 Å². The van der Waals surface area contributed by atoms with E-state index in [1.807, 2.05) is 37.3 Å².